The molecule has 0 saturated heterocycles. The smallest absolute Gasteiger partial charge is 0.191 e. The van der Waals surface area contributed by atoms with Gasteiger partial charge in [0.25, 0.3) is 0 Å². The summed E-state index contributed by atoms with van der Waals surface area (Å²) in [4.78, 5) is 0. The van der Waals surface area contributed by atoms with E-state index in [1.807, 2.05) is 0 Å². The van der Waals surface area contributed by atoms with Crippen LogP contribution in [-0.2, 0) is 4.43 Å². The van der Waals surface area contributed by atoms with Crippen LogP contribution >= 0.6 is 0 Å². The van der Waals surface area contributed by atoms with E-state index in [0.717, 1.165) is 13.0 Å². The van der Waals surface area contributed by atoms with Gasteiger partial charge in [-0.15, -0.1) is 0 Å². The van der Waals surface area contributed by atoms with Gasteiger partial charge in [-0.25, -0.2) is 0 Å². The lowest BCUT2D eigenvalue weighted by Crippen LogP contribution is -2.43. The second-order valence-electron chi connectivity index (χ2n) is 7.92. The van der Waals surface area contributed by atoms with Gasteiger partial charge in [0.15, 0.2) is 8.32 Å². The minimum Gasteiger partial charge on any atom is -0.417 e. The lowest BCUT2D eigenvalue weighted by molar-refractivity contribution is 0.288. The average molecular weight is 356 g/mol. The molecule has 0 unspecified atom stereocenters. The Labute approximate surface area is 150 Å². The van der Waals surface area contributed by atoms with E-state index in [2.05, 4.69) is 94.5 Å². The molecule has 2 rings (SSSR count). The van der Waals surface area contributed by atoms with Gasteiger partial charge in [-0.3, -0.25) is 0 Å². The highest BCUT2D eigenvalue weighted by Crippen LogP contribution is 2.36. The summed E-state index contributed by atoms with van der Waals surface area (Å²) >= 11 is 0. The van der Waals surface area contributed by atoms with Crippen molar-refractivity contribution in [2.45, 2.75) is 51.4 Å². The van der Waals surface area contributed by atoms with Crippen LogP contribution in [0.3, 0.4) is 0 Å². The molecule has 0 bridgehead atoms. The van der Waals surface area contributed by atoms with Crippen LogP contribution in [0.1, 0.15) is 27.2 Å². The molecule has 0 aliphatic rings. The minimum absolute atomic E-state index is 0.291. The van der Waals surface area contributed by atoms with Crippen molar-refractivity contribution in [3.05, 3.63) is 60.7 Å². The molecule has 0 amide bonds. The van der Waals surface area contributed by atoms with E-state index in [9.17, 15) is 0 Å². The van der Waals surface area contributed by atoms with E-state index in [1.165, 1.54) is 16.4 Å². The molecule has 0 aliphatic heterocycles. The van der Waals surface area contributed by atoms with Crippen molar-refractivity contribution in [3.63, 3.8) is 0 Å². The van der Waals surface area contributed by atoms with Crippen molar-refractivity contribution in [1.82, 2.24) is 0 Å². The molecule has 0 saturated carbocycles. The van der Waals surface area contributed by atoms with Crippen LogP contribution in [0.25, 0.3) is 0 Å². The van der Waals surface area contributed by atoms with E-state index in [0.29, 0.717) is 5.04 Å². The number of rotatable bonds is 7. The monoisotopic (exact) mass is 355 g/mol. The Kier molecular flexibility index (Phi) is 6.61. The molecule has 0 aromatic heterocycles. The van der Waals surface area contributed by atoms with Gasteiger partial charge in [0.05, 0.1) is 0 Å². The summed E-state index contributed by atoms with van der Waals surface area (Å²) in [5, 5.41) is 3.29. The Morgan fingerprint density at radius 1 is 0.833 bits per heavy atom. The first kappa shape index (κ1) is 19.2. The third-order valence-electron chi connectivity index (χ3n) is 5.08. The Balaban J connectivity index is 2.01. The van der Waals surface area contributed by atoms with Gasteiger partial charge in [-0.2, -0.15) is 0 Å². The van der Waals surface area contributed by atoms with Crippen molar-refractivity contribution in [2.24, 2.45) is 0 Å². The highest BCUT2D eigenvalue weighted by Gasteiger charge is 2.36. The first-order valence-corrected chi connectivity index (χ1v) is 13.5. The fourth-order valence-corrected chi connectivity index (χ4v) is 6.21. The summed E-state index contributed by atoms with van der Waals surface area (Å²) in [6, 6.07) is 23.2. The molecule has 24 heavy (non-hydrogen) atoms. The molecule has 0 spiro atoms. The van der Waals surface area contributed by atoms with Gasteiger partial charge in [0.1, 0.15) is 8.80 Å². The minimum atomic E-state index is -1.62. The molecule has 0 atom stereocenters. The van der Waals surface area contributed by atoms with Gasteiger partial charge >= 0.3 is 0 Å². The van der Waals surface area contributed by atoms with Gasteiger partial charge < -0.3 is 4.43 Å². The van der Waals surface area contributed by atoms with E-state index in [1.54, 1.807) is 0 Å². The molecule has 129 valence electrons. The first-order chi connectivity index (χ1) is 11.3. The largest absolute Gasteiger partial charge is 0.417 e. The molecule has 3 heteroatoms. The van der Waals surface area contributed by atoms with E-state index in [-0.39, 0.29) is 0 Å². The molecule has 2 aromatic rings. The number of benzene rings is 2. The molecule has 1 radical (unpaired) electrons. The highest BCUT2D eigenvalue weighted by molar-refractivity contribution is 6.85. The SMILES string of the molecule is CC(C)(C)[Si](C)(C)OCCC[Si](c1ccccc1)c1ccccc1. The zero-order valence-electron chi connectivity index (χ0n) is 15.8. The fraction of sp³-hybridized carbons (Fsp3) is 0.429. The molecule has 1 nitrogen and oxygen atoms in total. The van der Waals surface area contributed by atoms with E-state index >= 15 is 0 Å². The van der Waals surface area contributed by atoms with Crippen molar-refractivity contribution in [3.8, 4) is 0 Å². The third kappa shape index (κ3) is 5.17. The lowest BCUT2D eigenvalue weighted by atomic mass is 10.2. The maximum Gasteiger partial charge on any atom is 0.191 e. The van der Waals surface area contributed by atoms with Gasteiger partial charge in [-0.05, 0) is 30.6 Å². The Hall–Kier alpha value is -1.17. The average Bonchev–Trinajstić information content (AvgIpc) is 2.55. The molecule has 0 aliphatic carbocycles. The van der Waals surface area contributed by atoms with Crippen LogP contribution in [0.15, 0.2) is 60.7 Å². The second kappa shape index (κ2) is 8.28. The predicted octanol–water partition coefficient (Wildman–Crippen LogP) is 4.71. The Bertz CT molecular complexity index is 563. The zero-order valence-corrected chi connectivity index (χ0v) is 17.8. The van der Waals surface area contributed by atoms with E-state index in [4.69, 9.17) is 4.43 Å². The van der Waals surface area contributed by atoms with Crippen LogP contribution < -0.4 is 10.4 Å². The van der Waals surface area contributed by atoms with Gasteiger partial charge in [0.2, 0.25) is 0 Å². The zero-order chi connectivity index (χ0) is 17.6. The summed E-state index contributed by atoms with van der Waals surface area (Å²) in [6.45, 7) is 12.5. The summed E-state index contributed by atoms with van der Waals surface area (Å²) in [5.74, 6) is 0. The van der Waals surface area contributed by atoms with Crippen molar-refractivity contribution < 1.29 is 4.43 Å². The summed E-state index contributed by atoms with van der Waals surface area (Å²) in [7, 11) is -2.34. The molecular weight excluding hydrogens is 324 g/mol. The molecule has 2 aromatic carbocycles. The van der Waals surface area contributed by atoms with Crippen molar-refractivity contribution in [2.75, 3.05) is 6.61 Å². The maximum absolute atomic E-state index is 6.37. The summed E-state index contributed by atoms with van der Waals surface area (Å²) in [5.41, 5.74) is 0. The number of hydrogen-bond acceptors (Lipinski definition) is 1. The lowest BCUT2D eigenvalue weighted by Gasteiger charge is -2.36. The topological polar surface area (TPSA) is 9.23 Å². The normalized spacial score (nSPS) is 12.6. The Morgan fingerprint density at radius 3 is 1.71 bits per heavy atom. The second-order valence-corrected chi connectivity index (χ2v) is 15.3. The molecule has 0 heterocycles. The van der Waals surface area contributed by atoms with Crippen LogP contribution in [0.5, 0.6) is 0 Å². The predicted molar refractivity (Wildman–Crippen MR) is 110 cm³/mol. The molecule has 0 N–H and O–H groups in total. The van der Waals surface area contributed by atoms with Crippen LogP contribution in [0, 0.1) is 0 Å². The Morgan fingerprint density at radius 2 is 1.29 bits per heavy atom. The van der Waals surface area contributed by atoms with Crippen molar-refractivity contribution in [1.29, 1.82) is 0 Å². The van der Waals surface area contributed by atoms with Crippen molar-refractivity contribution >= 4 is 27.5 Å². The molecule has 0 fully saturated rings. The first-order valence-electron chi connectivity index (χ1n) is 8.92. The maximum atomic E-state index is 6.37. The standard InChI is InChI=1S/C21H31OSi2/c1-21(2,3)24(4,5)22-17-12-18-23(19-13-8-6-9-14-19)20-15-10-7-11-16-20/h6-11,13-16H,12,17-18H2,1-5H3. The van der Waals surface area contributed by atoms with Gasteiger partial charge in [-0.1, -0.05) is 91.8 Å². The highest BCUT2D eigenvalue weighted by atomic mass is 28.4. The van der Waals surface area contributed by atoms with Crippen LogP contribution in [0.4, 0.5) is 0 Å². The fourth-order valence-electron chi connectivity index (χ4n) is 2.53. The van der Waals surface area contributed by atoms with Crippen LogP contribution in [0.2, 0.25) is 24.2 Å². The molecular formula is C21H31OSi2. The van der Waals surface area contributed by atoms with E-state index < -0.39 is 17.1 Å². The summed E-state index contributed by atoms with van der Waals surface area (Å²) < 4.78 is 6.37. The quantitative estimate of drug-likeness (QED) is 0.516. The van der Waals surface area contributed by atoms with Gasteiger partial charge in [0, 0.05) is 6.61 Å². The summed E-state index contributed by atoms with van der Waals surface area (Å²) in [6.07, 6.45) is 1.14. The third-order valence-corrected chi connectivity index (χ3v) is 12.5. The van der Waals surface area contributed by atoms with Crippen LogP contribution in [-0.4, -0.2) is 23.7 Å². The number of hydrogen-bond donors (Lipinski definition) is 0.